The van der Waals surface area contributed by atoms with Crippen molar-refractivity contribution in [2.45, 2.75) is 26.0 Å². The summed E-state index contributed by atoms with van der Waals surface area (Å²) in [6.07, 6.45) is -0.124. The van der Waals surface area contributed by atoms with Crippen LogP contribution in [0.3, 0.4) is 0 Å². The predicted molar refractivity (Wildman–Crippen MR) is 106 cm³/mol. The fraction of sp³-hybridized carbons (Fsp3) is 0.286. The summed E-state index contributed by atoms with van der Waals surface area (Å²) >= 11 is 0. The molecule has 0 fully saturated rings. The molecule has 152 valence electrons. The van der Waals surface area contributed by atoms with Crippen molar-refractivity contribution in [3.63, 3.8) is 0 Å². The average Bonchev–Trinajstić information content (AvgIpc) is 3.25. The number of nitrogens with one attached hydrogen (secondary N) is 1. The van der Waals surface area contributed by atoms with E-state index in [1.807, 2.05) is 31.2 Å². The highest BCUT2D eigenvalue weighted by atomic mass is 16.5. The van der Waals surface area contributed by atoms with Gasteiger partial charge in [-0.05, 0) is 42.8 Å². The number of nitrogens with zero attached hydrogens (tertiary/aromatic N) is 2. The van der Waals surface area contributed by atoms with Gasteiger partial charge in [0.2, 0.25) is 11.7 Å². The van der Waals surface area contributed by atoms with Gasteiger partial charge in [0.15, 0.2) is 6.10 Å². The van der Waals surface area contributed by atoms with Crippen LogP contribution in [0.4, 0.5) is 0 Å². The molecule has 0 radical (unpaired) electrons. The number of rotatable bonds is 9. The molecule has 8 nitrogen and oxygen atoms in total. The molecule has 0 bridgehead atoms. The molecule has 0 aliphatic heterocycles. The van der Waals surface area contributed by atoms with Gasteiger partial charge < -0.3 is 24.1 Å². The van der Waals surface area contributed by atoms with Crippen LogP contribution in [0.5, 0.6) is 17.2 Å². The fourth-order valence-corrected chi connectivity index (χ4v) is 2.62. The lowest BCUT2D eigenvalue weighted by Gasteiger charge is -2.16. The molecule has 3 aromatic rings. The molecule has 0 spiro atoms. The van der Waals surface area contributed by atoms with E-state index in [-0.39, 0.29) is 12.5 Å². The van der Waals surface area contributed by atoms with E-state index in [9.17, 15) is 4.79 Å². The molecule has 0 saturated carbocycles. The quantitative estimate of drug-likeness (QED) is 0.592. The largest absolute Gasteiger partial charge is 0.497 e. The number of benzene rings is 2. The Labute approximate surface area is 168 Å². The highest BCUT2D eigenvalue weighted by molar-refractivity contribution is 5.81. The van der Waals surface area contributed by atoms with E-state index >= 15 is 0 Å². The maximum absolute atomic E-state index is 12.5. The van der Waals surface area contributed by atoms with Crippen molar-refractivity contribution in [1.29, 1.82) is 0 Å². The Bertz CT molecular complexity index is 939. The van der Waals surface area contributed by atoms with Crippen molar-refractivity contribution < 1.29 is 23.5 Å². The third-order valence-electron chi connectivity index (χ3n) is 4.21. The van der Waals surface area contributed by atoms with Crippen LogP contribution >= 0.6 is 0 Å². The van der Waals surface area contributed by atoms with Crippen LogP contribution in [-0.2, 0) is 11.3 Å². The average molecular weight is 397 g/mol. The normalized spacial score (nSPS) is 11.6. The third-order valence-corrected chi connectivity index (χ3v) is 4.21. The molecule has 0 aliphatic carbocycles. The number of aromatic nitrogens is 2. The van der Waals surface area contributed by atoms with Crippen LogP contribution in [0.1, 0.15) is 19.2 Å². The Balaban J connectivity index is 1.58. The minimum absolute atomic E-state index is 0.109. The highest BCUT2D eigenvalue weighted by Gasteiger charge is 2.19. The molecule has 0 unspecified atom stereocenters. The second-order valence-corrected chi connectivity index (χ2v) is 6.15. The first-order valence-electron chi connectivity index (χ1n) is 9.18. The van der Waals surface area contributed by atoms with Crippen molar-refractivity contribution in [1.82, 2.24) is 15.5 Å². The van der Waals surface area contributed by atoms with Crippen LogP contribution in [0.25, 0.3) is 11.4 Å². The first-order chi connectivity index (χ1) is 14.1. The number of ether oxygens (including phenoxy) is 3. The molecule has 0 saturated heterocycles. The molecular weight excluding hydrogens is 374 g/mol. The van der Waals surface area contributed by atoms with Gasteiger partial charge in [-0.15, -0.1) is 0 Å². The molecule has 2 aromatic carbocycles. The SMILES string of the molecule is CC[C@@H](Oc1ccc(OC)cc1)C(=O)NCc1nc(-c2cccc(OC)c2)no1. The van der Waals surface area contributed by atoms with Crippen molar-refractivity contribution in [2.24, 2.45) is 0 Å². The smallest absolute Gasteiger partial charge is 0.261 e. The van der Waals surface area contributed by atoms with E-state index < -0.39 is 6.10 Å². The monoisotopic (exact) mass is 397 g/mol. The van der Waals surface area contributed by atoms with E-state index in [4.69, 9.17) is 18.7 Å². The van der Waals surface area contributed by atoms with Crippen molar-refractivity contribution in [3.8, 4) is 28.6 Å². The summed E-state index contributed by atoms with van der Waals surface area (Å²) < 4.78 is 21.3. The van der Waals surface area contributed by atoms with E-state index in [0.29, 0.717) is 29.6 Å². The molecule has 29 heavy (non-hydrogen) atoms. The molecule has 1 atom stereocenters. The van der Waals surface area contributed by atoms with Gasteiger partial charge in [-0.2, -0.15) is 4.98 Å². The van der Waals surface area contributed by atoms with Gasteiger partial charge in [0, 0.05) is 5.56 Å². The molecule has 1 N–H and O–H groups in total. The number of hydrogen-bond donors (Lipinski definition) is 1. The van der Waals surface area contributed by atoms with Gasteiger partial charge >= 0.3 is 0 Å². The minimum Gasteiger partial charge on any atom is -0.497 e. The summed E-state index contributed by atoms with van der Waals surface area (Å²) in [4.78, 5) is 16.8. The minimum atomic E-state index is -0.635. The Morgan fingerprint density at radius 1 is 1.07 bits per heavy atom. The summed E-state index contributed by atoms with van der Waals surface area (Å²) in [6, 6.07) is 14.4. The summed E-state index contributed by atoms with van der Waals surface area (Å²) in [5.41, 5.74) is 0.764. The number of carbonyl (C=O) groups excluding carboxylic acids is 1. The van der Waals surface area contributed by atoms with E-state index in [2.05, 4.69) is 15.5 Å². The van der Waals surface area contributed by atoms with Crippen LogP contribution in [0, 0.1) is 0 Å². The topological polar surface area (TPSA) is 95.7 Å². The lowest BCUT2D eigenvalue weighted by molar-refractivity contribution is -0.128. The van der Waals surface area contributed by atoms with Gasteiger partial charge in [0.25, 0.3) is 5.91 Å². The van der Waals surface area contributed by atoms with Crippen molar-refractivity contribution >= 4 is 5.91 Å². The summed E-state index contributed by atoms with van der Waals surface area (Å²) in [5, 5.41) is 6.72. The lowest BCUT2D eigenvalue weighted by atomic mass is 10.2. The molecule has 3 rings (SSSR count). The van der Waals surface area contributed by atoms with Crippen LogP contribution in [-0.4, -0.2) is 36.4 Å². The number of hydrogen-bond acceptors (Lipinski definition) is 7. The zero-order chi connectivity index (χ0) is 20.6. The number of carbonyl (C=O) groups is 1. The first kappa shape index (κ1) is 20.2. The molecule has 1 aromatic heterocycles. The summed E-state index contributed by atoms with van der Waals surface area (Å²) in [7, 11) is 3.18. The second-order valence-electron chi connectivity index (χ2n) is 6.15. The van der Waals surface area contributed by atoms with Crippen LogP contribution < -0.4 is 19.5 Å². The Morgan fingerprint density at radius 2 is 1.79 bits per heavy atom. The Morgan fingerprint density at radius 3 is 2.48 bits per heavy atom. The van der Waals surface area contributed by atoms with E-state index in [1.165, 1.54) is 0 Å². The molecule has 1 amide bonds. The van der Waals surface area contributed by atoms with E-state index in [0.717, 1.165) is 11.3 Å². The van der Waals surface area contributed by atoms with Gasteiger partial charge in [-0.1, -0.05) is 24.2 Å². The number of methoxy groups -OCH3 is 2. The molecule has 0 aliphatic rings. The van der Waals surface area contributed by atoms with Crippen molar-refractivity contribution in [2.75, 3.05) is 14.2 Å². The Kier molecular flexibility index (Phi) is 6.67. The van der Waals surface area contributed by atoms with Gasteiger partial charge in [-0.25, -0.2) is 0 Å². The summed E-state index contributed by atoms with van der Waals surface area (Å²) in [6.45, 7) is 1.99. The van der Waals surface area contributed by atoms with Gasteiger partial charge in [-0.3, -0.25) is 4.79 Å². The zero-order valence-corrected chi connectivity index (χ0v) is 16.5. The van der Waals surface area contributed by atoms with Gasteiger partial charge in [0.05, 0.1) is 20.8 Å². The first-order valence-corrected chi connectivity index (χ1v) is 9.18. The third kappa shape index (κ3) is 5.25. The fourth-order valence-electron chi connectivity index (χ4n) is 2.62. The predicted octanol–water partition coefficient (Wildman–Crippen LogP) is 3.23. The Hall–Kier alpha value is -3.55. The van der Waals surface area contributed by atoms with Crippen LogP contribution in [0.2, 0.25) is 0 Å². The molecular formula is C21H23N3O5. The van der Waals surface area contributed by atoms with Crippen molar-refractivity contribution in [3.05, 3.63) is 54.4 Å². The standard InChI is InChI=1S/C21H23N3O5/c1-4-18(28-16-10-8-15(26-2)9-11-16)21(25)22-13-19-23-20(24-29-19)14-6-5-7-17(12-14)27-3/h5-12,18H,4,13H2,1-3H3,(H,22,25)/t18-/m1/s1. The zero-order valence-electron chi connectivity index (χ0n) is 16.5. The lowest BCUT2D eigenvalue weighted by Crippen LogP contribution is -2.37. The number of amides is 1. The molecule has 1 heterocycles. The highest BCUT2D eigenvalue weighted by Crippen LogP contribution is 2.21. The van der Waals surface area contributed by atoms with Crippen LogP contribution in [0.15, 0.2) is 53.1 Å². The van der Waals surface area contributed by atoms with E-state index in [1.54, 1.807) is 38.5 Å². The maximum atomic E-state index is 12.5. The summed E-state index contributed by atoms with van der Waals surface area (Å²) in [5.74, 6) is 2.47. The second kappa shape index (κ2) is 9.59. The van der Waals surface area contributed by atoms with Gasteiger partial charge in [0.1, 0.15) is 17.2 Å². The molecule has 8 heteroatoms. The maximum Gasteiger partial charge on any atom is 0.261 e.